The third-order valence-electron chi connectivity index (χ3n) is 5.06. The molecule has 4 N–H and O–H groups in total. The number of nitriles is 1. The Morgan fingerprint density at radius 1 is 1.31 bits per heavy atom. The molecule has 0 radical (unpaired) electrons. The molecule has 32 heavy (non-hydrogen) atoms. The maximum atomic E-state index is 13.4. The summed E-state index contributed by atoms with van der Waals surface area (Å²) in [6.07, 6.45) is 0.454. The van der Waals surface area contributed by atoms with Gasteiger partial charge in [-0.3, -0.25) is 9.59 Å². The first-order valence-electron chi connectivity index (χ1n) is 9.71. The number of aliphatic hydroxyl groups is 1. The van der Waals surface area contributed by atoms with E-state index in [0.29, 0.717) is 27.8 Å². The highest BCUT2D eigenvalue weighted by molar-refractivity contribution is 6.09. The van der Waals surface area contributed by atoms with Crippen LogP contribution in [0.3, 0.4) is 0 Å². The van der Waals surface area contributed by atoms with Crippen molar-refractivity contribution in [3.05, 3.63) is 81.5 Å². The maximum Gasteiger partial charge on any atom is 0.262 e. The van der Waals surface area contributed by atoms with Crippen molar-refractivity contribution < 1.29 is 14.3 Å². The first-order valence-corrected chi connectivity index (χ1v) is 9.71. The van der Waals surface area contributed by atoms with Gasteiger partial charge in [-0.05, 0) is 48.4 Å². The summed E-state index contributed by atoms with van der Waals surface area (Å²) in [5.41, 5.74) is 2.57. The Labute approximate surface area is 181 Å². The number of carbonyl (C=O) groups excluding carboxylic acids is 1. The van der Waals surface area contributed by atoms with Gasteiger partial charge in [0, 0.05) is 18.3 Å². The fraction of sp³-hybridized carbons (Fsp3) is 0.130. The van der Waals surface area contributed by atoms with E-state index in [0.717, 1.165) is 0 Å². The zero-order valence-electron chi connectivity index (χ0n) is 16.9. The summed E-state index contributed by atoms with van der Waals surface area (Å²) in [5.74, 6) is -0.864. The van der Waals surface area contributed by atoms with Gasteiger partial charge in [0.2, 0.25) is 0 Å². The molecule has 0 saturated heterocycles. The van der Waals surface area contributed by atoms with E-state index in [1.54, 1.807) is 31.2 Å². The standard InChI is InChI=1S/C23H18FN5O3/c1-12-7-14(18(30)10-25)9-17-21(12)29-22(28-17)20-16(5-6-26-23(20)32)27-11-19(31)13-3-2-4-15(24)8-13/h2-9,19,31H,11H2,1H3,(H,28,29)(H2,26,27,32). The second-order valence-electron chi connectivity index (χ2n) is 7.26. The molecule has 4 rings (SSSR count). The molecular formula is C23H18FN5O3. The van der Waals surface area contributed by atoms with Crippen molar-refractivity contribution in [3.63, 3.8) is 0 Å². The number of benzene rings is 2. The number of Topliss-reactive ketones (excluding diaryl/α,β-unsaturated/α-hetero) is 1. The fourth-order valence-corrected chi connectivity index (χ4v) is 3.50. The van der Waals surface area contributed by atoms with E-state index < -0.39 is 23.3 Å². The number of ketones is 1. The summed E-state index contributed by atoms with van der Waals surface area (Å²) in [6.45, 7) is 1.78. The number of carbonyl (C=O) groups is 1. The lowest BCUT2D eigenvalue weighted by molar-refractivity contribution is 0.105. The Hall–Kier alpha value is -4.29. The van der Waals surface area contributed by atoms with E-state index in [1.165, 1.54) is 30.5 Å². The van der Waals surface area contributed by atoms with Crippen LogP contribution in [0.2, 0.25) is 0 Å². The van der Waals surface area contributed by atoms with E-state index in [4.69, 9.17) is 5.26 Å². The molecule has 8 nitrogen and oxygen atoms in total. The van der Waals surface area contributed by atoms with Crippen molar-refractivity contribution in [2.75, 3.05) is 11.9 Å². The minimum atomic E-state index is -1.00. The number of halogens is 1. The molecule has 0 saturated carbocycles. The van der Waals surface area contributed by atoms with Crippen LogP contribution in [0.15, 0.2) is 53.5 Å². The van der Waals surface area contributed by atoms with Crippen molar-refractivity contribution in [1.82, 2.24) is 15.0 Å². The zero-order chi connectivity index (χ0) is 22.8. The number of imidazole rings is 1. The lowest BCUT2D eigenvalue weighted by atomic mass is 10.1. The summed E-state index contributed by atoms with van der Waals surface area (Å²) < 4.78 is 13.4. The number of H-pyrrole nitrogens is 2. The number of pyridine rings is 1. The first-order chi connectivity index (χ1) is 15.4. The average molecular weight is 431 g/mol. The summed E-state index contributed by atoms with van der Waals surface area (Å²) >= 11 is 0. The van der Waals surface area contributed by atoms with Gasteiger partial charge in [0.05, 0.1) is 22.8 Å². The predicted octanol–water partition coefficient (Wildman–Crippen LogP) is 3.22. The average Bonchev–Trinajstić information content (AvgIpc) is 3.21. The smallest absolute Gasteiger partial charge is 0.262 e. The van der Waals surface area contributed by atoms with Crippen molar-refractivity contribution in [2.24, 2.45) is 0 Å². The van der Waals surface area contributed by atoms with Gasteiger partial charge in [-0.15, -0.1) is 0 Å². The molecule has 0 aliphatic heterocycles. The van der Waals surface area contributed by atoms with Crippen molar-refractivity contribution >= 4 is 22.5 Å². The lowest BCUT2D eigenvalue weighted by Crippen LogP contribution is -2.17. The lowest BCUT2D eigenvalue weighted by Gasteiger charge is -2.15. The summed E-state index contributed by atoms with van der Waals surface area (Å²) in [5, 5.41) is 22.3. The van der Waals surface area contributed by atoms with E-state index in [-0.39, 0.29) is 23.5 Å². The van der Waals surface area contributed by atoms with Crippen LogP contribution >= 0.6 is 0 Å². The van der Waals surface area contributed by atoms with Gasteiger partial charge < -0.3 is 20.4 Å². The molecule has 1 atom stereocenters. The summed E-state index contributed by atoms with van der Waals surface area (Å²) in [4.78, 5) is 34.5. The molecule has 0 fully saturated rings. The maximum absolute atomic E-state index is 13.4. The van der Waals surface area contributed by atoms with Crippen LogP contribution in [-0.4, -0.2) is 32.4 Å². The number of aromatic amines is 2. The number of hydrogen-bond donors (Lipinski definition) is 4. The number of nitrogens with one attached hydrogen (secondary N) is 3. The second-order valence-corrected chi connectivity index (χ2v) is 7.26. The molecule has 4 aromatic rings. The van der Waals surface area contributed by atoms with Gasteiger partial charge >= 0.3 is 0 Å². The molecule has 160 valence electrons. The van der Waals surface area contributed by atoms with Gasteiger partial charge in [0.25, 0.3) is 11.3 Å². The van der Waals surface area contributed by atoms with Crippen LogP contribution < -0.4 is 10.9 Å². The van der Waals surface area contributed by atoms with Crippen LogP contribution in [0.5, 0.6) is 0 Å². The third kappa shape index (κ3) is 3.99. The highest BCUT2D eigenvalue weighted by Gasteiger charge is 2.18. The zero-order valence-corrected chi connectivity index (χ0v) is 16.9. The third-order valence-corrected chi connectivity index (χ3v) is 5.06. The molecule has 2 aromatic carbocycles. The highest BCUT2D eigenvalue weighted by atomic mass is 19.1. The summed E-state index contributed by atoms with van der Waals surface area (Å²) in [7, 11) is 0. The Balaban J connectivity index is 1.69. The Bertz CT molecular complexity index is 1430. The van der Waals surface area contributed by atoms with Crippen molar-refractivity contribution in [1.29, 1.82) is 5.26 Å². The number of hydrogen-bond acceptors (Lipinski definition) is 6. The monoisotopic (exact) mass is 431 g/mol. The molecule has 1 unspecified atom stereocenters. The summed E-state index contributed by atoms with van der Waals surface area (Å²) in [6, 6.07) is 11.9. The van der Waals surface area contributed by atoms with Crippen LogP contribution in [0.25, 0.3) is 22.4 Å². The van der Waals surface area contributed by atoms with E-state index in [1.807, 2.05) is 0 Å². The number of anilines is 1. The number of aliphatic hydroxyl groups excluding tert-OH is 1. The fourth-order valence-electron chi connectivity index (χ4n) is 3.50. The van der Waals surface area contributed by atoms with Gasteiger partial charge in [-0.25, -0.2) is 9.37 Å². The number of rotatable bonds is 6. The minimum absolute atomic E-state index is 0.0278. The van der Waals surface area contributed by atoms with Crippen LogP contribution in [0.1, 0.15) is 27.6 Å². The Morgan fingerprint density at radius 3 is 2.88 bits per heavy atom. The largest absolute Gasteiger partial charge is 0.387 e. The van der Waals surface area contributed by atoms with Gasteiger partial charge in [-0.1, -0.05) is 12.1 Å². The quantitative estimate of drug-likeness (QED) is 0.274. The number of aromatic nitrogens is 3. The van der Waals surface area contributed by atoms with Crippen LogP contribution in [0.4, 0.5) is 10.1 Å². The molecule has 9 heteroatoms. The molecular weight excluding hydrogens is 413 g/mol. The second kappa shape index (κ2) is 8.45. The normalized spacial score (nSPS) is 11.8. The SMILES string of the molecule is Cc1cc(C(=O)C#N)cc2[nH]c(-c3c(NCC(O)c4cccc(F)c4)cc[nH]c3=O)nc12. The molecule has 2 heterocycles. The minimum Gasteiger partial charge on any atom is -0.387 e. The molecule has 0 spiro atoms. The molecule has 0 bridgehead atoms. The van der Waals surface area contributed by atoms with Gasteiger partial charge in [0.1, 0.15) is 23.3 Å². The van der Waals surface area contributed by atoms with Gasteiger partial charge in [-0.2, -0.15) is 5.26 Å². The highest BCUT2D eigenvalue weighted by Crippen LogP contribution is 2.27. The van der Waals surface area contributed by atoms with E-state index >= 15 is 0 Å². The molecule has 2 aromatic heterocycles. The van der Waals surface area contributed by atoms with Crippen LogP contribution in [-0.2, 0) is 0 Å². The topological polar surface area (TPSA) is 135 Å². The predicted molar refractivity (Wildman–Crippen MR) is 117 cm³/mol. The van der Waals surface area contributed by atoms with Crippen LogP contribution in [0, 0.1) is 24.1 Å². The molecule has 0 aliphatic carbocycles. The first kappa shape index (κ1) is 21.0. The number of fused-ring (bicyclic) bond motifs is 1. The number of aryl methyl sites for hydroxylation is 1. The number of nitrogens with zero attached hydrogens (tertiary/aromatic N) is 2. The Kier molecular flexibility index (Phi) is 5.54. The molecule has 0 amide bonds. The van der Waals surface area contributed by atoms with Gasteiger partial charge in [0.15, 0.2) is 0 Å². The van der Waals surface area contributed by atoms with Crippen molar-refractivity contribution in [2.45, 2.75) is 13.0 Å². The van der Waals surface area contributed by atoms with Crippen molar-refractivity contribution in [3.8, 4) is 17.5 Å². The Morgan fingerprint density at radius 2 is 2.12 bits per heavy atom. The van der Waals surface area contributed by atoms with E-state index in [2.05, 4.69) is 20.3 Å². The van der Waals surface area contributed by atoms with E-state index in [9.17, 15) is 19.1 Å². The molecule has 0 aliphatic rings.